The molecule has 0 spiro atoms. The molecule has 5 heteroatoms. The quantitative estimate of drug-likeness (QED) is 0.767. The zero-order chi connectivity index (χ0) is 12.7. The second-order valence-electron chi connectivity index (χ2n) is 5.82. The van der Waals surface area contributed by atoms with Crippen LogP contribution in [0.25, 0.3) is 0 Å². The smallest absolute Gasteiger partial charge is 0.320 e. The van der Waals surface area contributed by atoms with Crippen LogP contribution in [0.15, 0.2) is 0 Å². The SMILES string of the molecule is O=C(O)C1CN(C(=O)N2CCC3CCCCC32)C1. The lowest BCUT2D eigenvalue weighted by molar-refractivity contribution is -0.146. The van der Waals surface area contributed by atoms with Crippen LogP contribution in [-0.4, -0.2) is 52.6 Å². The average Bonchev–Trinajstić information content (AvgIpc) is 2.69. The van der Waals surface area contributed by atoms with Gasteiger partial charge in [-0.05, 0) is 25.2 Å². The van der Waals surface area contributed by atoms with Crippen molar-refractivity contribution in [2.24, 2.45) is 11.8 Å². The Morgan fingerprint density at radius 3 is 2.50 bits per heavy atom. The van der Waals surface area contributed by atoms with E-state index in [2.05, 4.69) is 0 Å². The van der Waals surface area contributed by atoms with Gasteiger partial charge in [0, 0.05) is 25.7 Å². The monoisotopic (exact) mass is 252 g/mol. The summed E-state index contributed by atoms with van der Waals surface area (Å²) in [5, 5.41) is 8.83. The van der Waals surface area contributed by atoms with Crippen LogP contribution >= 0.6 is 0 Å². The van der Waals surface area contributed by atoms with Crippen LogP contribution < -0.4 is 0 Å². The maximum atomic E-state index is 12.3. The number of carbonyl (C=O) groups is 2. The van der Waals surface area contributed by atoms with Gasteiger partial charge in [-0.2, -0.15) is 0 Å². The second kappa shape index (κ2) is 4.44. The molecule has 0 bridgehead atoms. The number of nitrogens with zero attached hydrogens (tertiary/aromatic N) is 2. The van der Waals surface area contributed by atoms with Crippen molar-refractivity contribution >= 4 is 12.0 Å². The summed E-state index contributed by atoms with van der Waals surface area (Å²) in [7, 11) is 0. The van der Waals surface area contributed by atoms with E-state index < -0.39 is 5.97 Å². The highest BCUT2D eigenvalue weighted by Crippen LogP contribution is 2.37. The molecule has 3 fully saturated rings. The number of carboxylic acid groups (broad SMARTS) is 1. The van der Waals surface area contributed by atoms with E-state index in [9.17, 15) is 9.59 Å². The van der Waals surface area contributed by atoms with Gasteiger partial charge in [0.2, 0.25) is 0 Å². The summed E-state index contributed by atoms with van der Waals surface area (Å²) in [6, 6.07) is 0.497. The molecular formula is C13H20N2O3. The lowest BCUT2D eigenvalue weighted by Crippen LogP contribution is -2.58. The molecule has 2 atom stereocenters. The standard InChI is InChI=1S/C13H20N2O3/c16-12(17)10-7-14(8-10)13(18)15-6-5-9-3-1-2-4-11(9)15/h9-11H,1-8H2,(H,16,17). The first-order valence-electron chi connectivity index (χ1n) is 6.95. The third kappa shape index (κ3) is 1.85. The summed E-state index contributed by atoms with van der Waals surface area (Å²) in [5.41, 5.74) is 0. The Kier molecular flexibility index (Phi) is 2.92. The summed E-state index contributed by atoms with van der Waals surface area (Å²) < 4.78 is 0. The highest BCUT2D eigenvalue weighted by molar-refractivity contribution is 5.80. The van der Waals surface area contributed by atoms with Gasteiger partial charge >= 0.3 is 12.0 Å². The molecule has 0 radical (unpaired) electrons. The Hall–Kier alpha value is -1.26. The molecule has 0 aromatic carbocycles. The van der Waals surface area contributed by atoms with E-state index in [0.29, 0.717) is 25.0 Å². The molecule has 0 aromatic rings. The predicted molar refractivity (Wildman–Crippen MR) is 65.2 cm³/mol. The number of aliphatic carboxylic acids is 1. The first kappa shape index (κ1) is 11.8. The highest BCUT2D eigenvalue weighted by atomic mass is 16.4. The van der Waals surface area contributed by atoms with Gasteiger partial charge in [-0.3, -0.25) is 4.79 Å². The molecule has 2 saturated heterocycles. The van der Waals surface area contributed by atoms with Gasteiger partial charge < -0.3 is 14.9 Å². The Balaban J connectivity index is 1.59. The van der Waals surface area contributed by atoms with E-state index >= 15 is 0 Å². The first-order valence-corrected chi connectivity index (χ1v) is 6.95. The lowest BCUT2D eigenvalue weighted by Gasteiger charge is -2.41. The van der Waals surface area contributed by atoms with Gasteiger partial charge in [-0.25, -0.2) is 4.79 Å². The van der Waals surface area contributed by atoms with Crippen LogP contribution in [0, 0.1) is 11.8 Å². The van der Waals surface area contributed by atoms with Crippen LogP contribution in [0.4, 0.5) is 4.79 Å². The molecule has 3 rings (SSSR count). The normalized spacial score (nSPS) is 32.0. The van der Waals surface area contributed by atoms with Gasteiger partial charge in [-0.15, -0.1) is 0 Å². The van der Waals surface area contributed by atoms with E-state index in [1.165, 1.54) is 19.3 Å². The van der Waals surface area contributed by atoms with Crippen molar-refractivity contribution < 1.29 is 14.7 Å². The number of hydrogen-bond acceptors (Lipinski definition) is 2. The minimum Gasteiger partial charge on any atom is -0.481 e. The minimum absolute atomic E-state index is 0.0712. The van der Waals surface area contributed by atoms with Crippen molar-refractivity contribution in [1.82, 2.24) is 9.80 Å². The van der Waals surface area contributed by atoms with Gasteiger partial charge in [0.1, 0.15) is 0 Å². The molecule has 2 amide bonds. The summed E-state index contributed by atoms with van der Waals surface area (Å²) >= 11 is 0. The number of amides is 2. The highest BCUT2D eigenvalue weighted by Gasteiger charge is 2.43. The van der Waals surface area contributed by atoms with Crippen LogP contribution in [0.5, 0.6) is 0 Å². The maximum Gasteiger partial charge on any atom is 0.320 e. The maximum absolute atomic E-state index is 12.3. The van der Waals surface area contributed by atoms with Crippen molar-refractivity contribution in [3.8, 4) is 0 Å². The van der Waals surface area contributed by atoms with Crippen LogP contribution in [-0.2, 0) is 4.79 Å². The zero-order valence-corrected chi connectivity index (χ0v) is 10.5. The number of carbonyl (C=O) groups excluding carboxylic acids is 1. The largest absolute Gasteiger partial charge is 0.481 e. The van der Waals surface area contributed by atoms with E-state index in [-0.39, 0.29) is 11.9 Å². The van der Waals surface area contributed by atoms with E-state index in [0.717, 1.165) is 19.4 Å². The molecule has 18 heavy (non-hydrogen) atoms. The number of hydrogen-bond donors (Lipinski definition) is 1. The summed E-state index contributed by atoms with van der Waals surface area (Å²) in [5.74, 6) is -0.436. The zero-order valence-electron chi connectivity index (χ0n) is 10.5. The molecule has 1 N–H and O–H groups in total. The predicted octanol–water partition coefficient (Wildman–Crippen LogP) is 1.39. The molecule has 0 aromatic heterocycles. The molecule has 2 unspecified atom stereocenters. The van der Waals surface area contributed by atoms with Gasteiger partial charge in [0.15, 0.2) is 0 Å². The number of carboxylic acids is 1. The molecule has 5 nitrogen and oxygen atoms in total. The molecular weight excluding hydrogens is 232 g/mol. The fourth-order valence-electron chi connectivity index (χ4n) is 3.62. The molecule has 2 aliphatic heterocycles. The number of likely N-dealkylation sites (tertiary alicyclic amines) is 2. The summed E-state index contributed by atoms with van der Waals surface area (Å²) in [6.07, 6.45) is 6.04. The minimum atomic E-state index is -0.781. The van der Waals surface area contributed by atoms with Crippen LogP contribution in [0.2, 0.25) is 0 Å². The van der Waals surface area contributed by atoms with Crippen molar-refractivity contribution in [2.45, 2.75) is 38.1 Å². The Morgan fingerprint density at radius 2 is 1.78 bits per heavy atom. The molecule has 2 heterocycles. The third-order valence-electron chi connectivity index (χ3n) is 4.76. The van der Waals surface area contributed by atoms with Crippen molar-refractivity contribution in [1.29, 1.82) is 0 Å². The number of urea groups is 1. The summed E-state index contributed by atoms with van der Waals surface area (Å²) in [4.78, 5) is 26.7. The third-order valence-corrected chi connectivity index (χ3v) is 4.76. The molecule has 1 aliphatic carbocycles. The van der Waals surface area contributed by atoms with Gasteiger partial charge in [0.05, 0.1) is 5.92 Å². The molecule has 1 saturated carbocycles. The summed E-state index contributed by atoms with van der Waals surface area (Å²) in [6.45, 7) is 1.65. The van der Waals surface area contributed by atoms with E-state index in [1.54, 1.807) is 4.90 Å². The van der Waals surface area contributed by atoms with Crippen molar-refractivity contribution in [3.63, 3.8) is 0 Å². The van der Waals surface area contributed by atoms with E-state index in [1.807, 2.05) is 4.90 Å². The van der Waals surface area contributed by atoms with Gasteiger partial charge in [0.25, 0.3) is 0 Å². The Labute approximate surface area is 107 Å². The van der Waals surface area contributed by atoms with Crippen LogP contribution in [0.1, 0.15) is 32.1 Å². The number of rotatable bonds is 1. The average molecular weight is 252 g/mol. The van der Waals surface area contributed by atoms with Gasteiger partial charge in [-0.1, -0.05) is 12.8 Å². The fourth-order valence-corrected chi connectivity index (χ4v) is 3.62. The fraction of sp³-hybridized carbons (Fsp3) is 0.846. The van der Waals surface area contributed by atoms with E-state index in [4.69, 9.17) is 5.11 Å². The number of fused-ring (bicyclic) bond motifs is 1. The molecule has 3 aliphatic rings. The Bertz CT molecular complexity index is 365. The van der Waals surface area contributed by atoms with Crippen molar-refractivity contribution in [2.75, 3.05) is 19.6 Å². The first-order chi connectivity index (χ1) is 8.66. The Morgan fingerprint density at radius 1 is 1.06 bits per heavy atom. The van der Waals surface area contributed by atoms with Crippen molar-refractivity contribution in [3.05, 3.63) is 0 Å². The second-order valence-corrected chi connectivity index (χ2v) is 5.82. The topological polar surface area (TPSA) is 60.9 Å². The lowest BCUT2D eigenvalue weighted by atomic mass is 9.85. The van der Waals surface area contributed by atoms with Crippen LogP contribution in [0.3, 0.4) is 0 Å². The molecule has 100 valence electrons.